The molecular formula is C13H16N6O. The average Bonchev–Trinajstić information content (AvgIpc) is 3.31. The van der Waals surface area contributed by atoms with Gasteiger partial charge in [0.15, 0.2) is 11.5 Å². The van der Waals surface area contributed by atoms with Crippen molar-refractivity contribution in [3.8, 4) is 0 Å². The molecule has 0 aliphatic heterocycles. The molecule has 2 aromatic heterocycles. The third kappa shape index (κ3) is 2.00. The van der Waals surface area contributed by atoms with E-state index in [9.17, 15) is 0 Å². The summed E-state index contributed by atoms with van der Waals surface area (Å²) in [5.41, 5.74) is 8.40. The van der Waals surface area contributed by atoms with Crippen molar-refractivity contribution in [2.45, 2.75) is 25.3 Å². The minimum Gasteiger partial charge on any atom is -0.396 e. The van der Waals surface area contributed by atoms with E-state index in [2.05, 4.69) is 20.3 Å². The molecule has 1 atom stereocenters. The highest BCUT2D eigenvalue weighted by Crippen LogP contribution is 2.38. The van der Waals surface area contributed by atoms with Gasteiger partial charge < -0.3 is 20.7 Å². The SMILES string of the molecule is Nc1nc(NC2CC2)c2c(ncn2C=C2CC2CO)n1. The molecule has 0 radical (unpaired) electrons. The zero-order valence-electron chi connectivity index (χ0n) is 11.0. The molecule has 2 fully saturated rings. The largest absolute Gasteiger partial charge is 0.396 e. The Hall–Kier alpha value is -2.15. The molecule has 0 bridgehead atoms. The zero-order valence-corrected chi connectivity index (χ0v) is 11.0. The summed E-state index contributed by atoms with van der Waals surface area (Å²) in [6, 6.07) is 0.481. The van der Waals surface area contributed by atoms with E-state index in [0.717, 1.165) is 30.6 Å². The number of nitrogen functional groups attached to an aromatic ring is 1. The summed E-state index contributed by atoms with van der Waals surface area (Å²) in [7, 11) is 0. The smallest absolute Gasteiger partial charge is 0.224 e. The number of hydrogen-bond donors (Lipinski definition) is 3. The first-order valence-electron chi connectivity index (χ1n) is 6.82. The lowest BCUT2D eigenvalue weighted by Crippen LogP contribution is -2.07. The monoisotopic (exact) mass is 272 g/mol. The van der Waals surface area contributed by atoms with Crippen molar-refractivity contribution in [2.75, 3.05) is 17.7 Å². The van der Waals surface area contributed by atoms with Crippen LogP contribution in [-0.2, 0) is 0 Å². The molecule has 2 aliphatic carbocycles. The second-order valence-electron chi connectivity index (χ2n) is 5.46. The highest BCUT2D eigenvalue weighted by atomic mass is 16.3. The molecule has 20 heavy (non-hydrogen) atoms. The topological polar surface area (TPSA) is 102 Å². The fourth-order valence-corrected chi connectivity index (χ4v) is 2.33. The summed E-state index contributed by atoms with van der Waals surface area (Å²) in [6.07, 6.45) is 6.99. The minimum absolute atomic E-state index is 0.203. The molecule has 2 heterocycles. The second-order valence-corrected chi connectivity index (χ2v) is 5.46. The van der Waals surface area contributed by atoms with E-state index in [4.69, 9.17) is 10.8 Å². The maximum absolute atomic E-state index is 9.12. The number of aliphatic hydroxyl groups excluding tert-OH is 1. The van der Waals surface area contributed by atoms with Crippen molar-refractivity contribution in [2.24, 2.45) is 5.92 Å². The number of anilines is 2. The number of fused-ring (bicyclic) bond motifs is 1. The number of nitrogens with one attached hydrogen (secondary N) is 1. The summed E-state index contributed by atoms with van der Waals surface area (Å²) in [4.78, 5) is 12.7. The Balaban J connectivity index is 1.79. The standard InChI is InChI=1S/C13H16N6O/c14-13-17-11-10(12(18-13)16-9-1-2-9)19(6-15-11)4-7-3-8(7)5-20/h4,6,8-9,20H,1-3,5H2,(H3,14,16,17,18). The molecule has 2 aromatic rings. The maximum atomic E-state index is 9.12. The Morgan fingerprint density at radius 3 is 3.00 bits per heavy atom. The van der Waals surface area contributed by atoms with Crippen molar-refractivity contribution in [3.05, 3.63) is 11.9 Å². The molecule has 7 nitrogen and oxygen atoms in total. The van der Waals surface area contributed by atoms with Gasteiger partial charge in [-0.1, -0.05) is 0 Å². The quantitative estimate of drug-likeness (QED) is 0.762. The first kappa shape index (κ1) is 11.7. The van der Waals surface area contributed by atoms with Crippen LogP contribution < -0.4 is 11.1 Å². The van der Waals surface area contributed by atoms with E-state index in [0.29, 0.717) is 17.6 Å². The van der Waals surface area contributed by atoms with Crippen LogP contribution in [0.2, 0.25) is 0 Å². The third-order valence-electron chi connectivity index (χ3n) is 3.74. The van der Waals surface area contributed by atoms with Crippen LogP contribution in [-0.4, -0.2) is 37.3 Å². The van der Waals surface area contributed by atoms with Crippen molar-refractivity contribution >= 4 is 29.1 Å². The Morgan fingerprint density at radius 2 is 2.30 bits per heavy atom. The van der Waals surface area contributed by atoms with E-state index >= 15 is 0 Å². The third-order valence-corrected chi connectivity index (χ3v) is 3.74. The van der Waals surface area contributed by atoms with Gasteiger partial charge in [0.2, 0.25) is 5.95 Å². The Labute approximate surface area is 115 Å². The molecule has 4 rings (SSSR count). The van der Waals surface area contributed by atoms with Crippen LogP contribution in [0.4, 0.5) is 11.8 Å². The number of nitrogens with two attached hydrogens (primary N) is 1. The summed E-state index contributed by atoms with van der Waals surface area (Å²) >= 11 is 0. The predicted molar refractivity (Wildman–Crippen MR) is 75.8 cm³/mol. The van der Waals surface area contributed by atoms with Crippen molar-refractivity contribution in [1.82, 2.24) is 19.5 Å². The maximum Gasteiger partial charge on any atom is 0.224 e. The molecule has 2 aliphatic rings. The van der Waals surface area contributed by atoms with Gasteiger partial charge in [0.25, 0.3) is 0 Å². The first-order chi connectivity index (χ1) is 9.74. The first-order valence-corrected chi connectivity index (χ1v) is 6.82. The molecule has 2 saturated carbocycles. The van der Waals surface area contributed by atoms with Gasteiger partial charge >= 0.3 is 0 Å². The van der Waals surface area contributed by atoms with Gasteiger partial charge in [-0.25, -0.2) is 4.98 Å². The zero-order chi connectivity index (χ0) is 13.7. The molecule has 104 valence electrons. The van der Waals surface area contributed by atoms with Crippen LogP contribution >= 0.6 is 0 Å². The number of rotatable bonds is 4. The molecule has 0 spiro atoms. The average molecular weight is 272 g/mol. The molecule has 0 saturated heterocycles. The van der Waals surface area contributed by atoms with Crippen LogP contribution in [0.1, 0.15) is 19.3 Å². The number of imidazole rings is 1. The van der Waals surface area contributed by atoms with E-state index in [1.54, 1.807) is 6.33 Å². The lowest BCUT2D eigenvalue weighted by atomic mass is 10.4. The van der Waals surface area contributed by atoms with Crippen LogP contribution in [0.5, 0.6) is 0 Å². The van der Waals surface area contributed by atoms with Crippen LogP contribution in [0, 0.1) is 5.92 Å². The Kier molecular flexibility index (Phi) is 2.43. The highest BCUT2D eigenvalue weighted by Gasteiger charge is 2.29. The van der Waals surface area contributed by atoms with Crippen molar-refractivity contribution < 1.29 is 5.11 Å². The van der Waals surface area contributed by atoms with E-state index in [-0.39, 0.29) is 12.6 Å². The fourth-order valence-electron chi connectivity index (χ4n) is 2.33. The van der Waals surface area contributed by atoms with Crippen molar-refractivity contribution in [1.29, 1.82) is 0 Å². The van der Waals surface area contributed by atoms with E-state index in [1.165, 1.54) is 5.57 Å². The molecule has 0 amide bonds. The number of nitrogens with zero attached hydrogens (tertiary/aromatic N) is 4. The summed E-state index contributed by atoms with van der Waals surface area (Å²) in [5.74, 6) is 1.27. The number of hydrogen-bond acceptors (Lipinski definition) is 6. The van der Waals surface area contributed by atoms with Gasteiger partial charge in [0.1, 0.15) is 11.8 Å². The minimum atomic E-state index is 0.203. The van der Waals surface area contributed by atoms with Gasteiger partial charge in [-0.2, -0.15) is 9.97 Å². The highest BCUT2D eigenvalue weighted by molar-refractivity contribution is 5.86. The lowest BCUT2D eigenvalue weighted by Gasteiger charge is -2.07. The summed E-state index contributed by atoms with van der Waals surface area (Å²) < 4.78 is 1.92. The Morgan fingerprint density at radius 1 is 1.45 bits per heavy atom. The van der Waals surface area contributed by atoms with Crippen LogP contribution in [0.25, 0.3) is 17.4 Å². The van der Waals surface area contributed by atoms with Gasteiger partial charge in [-0.3, -0.25) is 0 Å². The van der Waals surface area contributed by atoms with Crippen LogP contribution in [0.3, 0.4) is 0 Å². The van der Waals surface area contributed by atoms with Crippen LogP contribution in [0.15, 0.2) is 11.9 Å². The second kappa shape index (κ2) is 4.17. The Bertz CT molecular complexity index is 702. The van der Waals surface area contributed by atoms with Crippen molar-refractivity contribution in [3.63, 3.8) is 0 Å². The van der Waals surface area contributed by atoms with E-state index < -0.39 is 0 Å². The predicted octanol–water partition coefficient (Wildman–Crippen LogP) is 0.836. The van der Waals surface area contributed by atoms with E-state index in [1.807, 2.05) is 10.8 Å². The van der Waals surface area contributed by atoms with Gasteiger partial charge in [0.05, 0.1) is 0 Å². The van der Waals surface area contributed by atoms with Gasteiger partial charge in [-0.15, -0.1) is 0 Å². The van der Waals surface area contributed by atoms with Gasteiger partial charge in [-0.05, 0) is 24.8 Å². The number of aromatic nitrogens is 4. The molecule has 0 aromatic carbocycles. The summed E-state index contributed by atoms with van der Waals surface area (Å²) in [5, 5.41) is 12.5. The lowest BCUT2D eigenvalue weighted by molar-refractivity contribution is 0.281. The molecular weight excluding hydrogens is 256 g/mol. The number of aliphatic hydroxyl groups is 1. The molecule has 7 heteroatoms. The summed E-state index contributed by atoms with van der Waals surface area (Å²) in [6.45, 7) is 0.203. The fraction of sp³-hybridized carbons (Fsp3) is 0.462. The molecule has 4 N–H and O–H groups in total. The molecule has 1 unspecified atom stereocenters. The van der Waals surface area contributed by atoms with Gasteiger partial charge in [0, 0.05) is 24.8 Å². The normalized spacial score (nSPS) is 23.4.